The molecule has 0 amide bonds. The molecule has 0 aliphatic rings. The van der Waals surface area contributed by atoms with Crippen LogP contribution in [-0.4, -0.2) is 0 Å². The number of hydrogen-bond acceptors (Lipinski definition) is 0. The largest absolute Gasteiger partial charge is 0.106 e. The lowest BCUT2D eigenvalue weighted by Crippen LogP contribution is -2.21. The summed E-state index contributed by atoms with van der Waals surface area (Å²) in [6, 6.07) is 17.9. The number of benzene rings is 2. The maximum absolute atomic E-state index is 2.74. The van der Waals surface area contributed by atoms with E-state index in [0.29, 0.717) is 5.41 Å². The minimum absolute atomic E-state index is 0.325. The summed E-state index contributed by atoms with van der Waals surface area (Å²) >= 11 is 0. The normalized spacial score (nSPS) is 11.6. The van der Waals surface area contributed by atoms with Gasteiger partial charge in [-0.05, 0) is 40.3 Å². The van der Waals surface area contributed by atoms with E-state index in [0.717, 1.165) is 0 Å². The Balaban J connectivity index is 2.26. The molecule has 112 valence electrons. The van der Waals surface area contributed by atoms with Gasteiger partial charge in [-0.3, -0.25) is 0 Å². The Morgan fingerprint density at radius 2 is 1.19 bits per heavy atom. The molecule has 1 unspecified atom stereocenters. The second-order valence-electron chi connectivity index (χ2n) is 6.26. The van der Waals surface area contributed by atoms with Crippen molar-refractivity contribution in [1.29, 1.82) is 0 Å². The second-order valence-corrected chi connectivity index (χ2v) is 6.93. The van der Waals surface area contributed by atoms with Crippen molar-refractivity contribution in [3.8, 4) is 11.1 Å². The highest BCUT2D eigenvalue weighted by atomic mass is 31.0. The Bertz CT molecular complexity index is 545. The molecule has 0 aromatic heterocycles. The van der Waals surface area contributed by atoms with E-state index in [1.165, 1.54) is 47.7 Å². The van der Waals surface area contributed by atoms with Gasteiger partial charge < -0.3 is 0 Å². The van der Waals surface area contributed by atoms with Crippen molar-refractivity contribution in [3.05, 3.63) is 54.1 Å². The van der Waals surface area contributed by atoms with Gasteiger partial charge in [-0.25, -0.2) is 0 Å². The molecule has 0 fully saturated rings. The van der Waals surface area contributed by atoms with Crippen LogP contribution in [0.3, 0.4) is 0 Å². The molecular weight excluding hydrogens is 271 g/mol. The smallest absolute Gasteiger partial charge is 0.00754 e. The molecule has 0 N–H and O–H groups in total. The van der Waals surface area contributed by atoms with E-state index in [4.69, 9.17) is 0 Å². The summed E-state index contributed by atoms with van der Waals surface area (Å²) in [5, 5.41) is 1.23. The molecule has 0 saturated carbocycles. The molecule has 2 aromatic rings. The minimum Gasteiger partial charge on any atom is -0.106 e. The van der Waals surface area contributed by atoms with Gasteiger partial charge in [0.15, 0.2) is 0 Å². The van der Waals surface area contributed by atoms with E-state index in [1.54, 1.807) is 0 Å². The molecule has 21 heavy (non-hydrogen) atoms. The average Bonchev–Trinajstić information content (AvgIpc) is 2.49. The lowest BCUT2D eigenvalue weighted by atomic mass is 9.75. The predicted octanol–water partition coefficient (Wildman–Crippen LogP) is 5.71. The Labute approximate surface area is 132 Å². The highest BCUT2D eigenvalue weighted by Crippen LogP contribution is 2.34. The maximum atomic E-state index is 2.74. The van der Waals surface area contributed by atoms with E-state index in [9.17, 15) is 0 Å². The van der Waals surface area contributed by atoms with Crippen LogP contribution in [0.5, 0.6) is 0 Å². The van der Waals surface area contributed by atoms with Crippen molar-refractivity contribution in [1.82, 2.24) is 0 Å². The molecular formula is C20H27P. The summed E-state index contributed by atoms with van der Waals surface area (Å²) in [4.78, 5) is 0. The highest BCUT2D eigenvalue weighted by Gasteiger charge is 2.24. The lowest BCUT2D eigenvalue weighted by molar-refractivity contribution is 0.392. The molecule has 0 saturated heterocycles. The monoisotopic (exact) mass is 298 g/mol. The van der Waals surface area contributed by atoms with Crippen LogP contribution in [-0.2, 0) is 5.41 Å². The minimum atomic E-state index is 0.325. The zero-order valence-corrected chi connectivity index (χ0v) is 14.7. The maximum Gasteiger partial charge on any atom is -0.00754 e. The van der Waals surface area contributed by atoms with Crippen LogP contribution in [0.1, 0.15) is 52.0 Å². The summed E-state index contributed by atoms with van der Waals surface area (Å²) in [6.45, 7) is 6.98. The van der Waals surface area contributed by atoms with Crippen LogP contribution in [0.2, 0.25) is 0 Å². The van der Waals surface area contributed by atoms with Gasteiger partial charge in [0, 0.05) is 0 Å². The van der Waals surface area contributed by atoms with Crippen molar-refractivity contribution in [3.63, 3.8) is 0 Å². The third-order valence-corrected chi connectivity index (χ3v) is 4.81. The molecule has 0 bridgehead atoms. The Hall–Kier alpha value is -1.13. The molecule has 2 rings (SSSR count). The Morgan fingerprint density at radius 1 is 0.762 bits per heavy atom. The number of hydrogen-bond donors (Lipinski definition) is 0. The first-order valence-corrected chi connectivity index (χ1v) is 8.63. The van der Waals surface area contributed by atoms with E-state index < -0.39 is 0 Å². The van der Waals surface area contributed by atoms with Crippen LogP contribution in [0.25, 0.3) is 11.1 Å². The van der Waals surface area contributed by atoms with E-state index >= 15 is 0 Å². The van der Waals surface area contributed by atoms with Gasteiger partial charge in [0.2, 0.25) is 0 Å². The topological polar surface area (TPSA) is 0 Å². The lowest BCUT2D eigenvalue weighted by Gasteiger charge is -2.30. The molecule has 1 atom stereocenters. The molecule has 0 spiro atoms. The molecule has 0 nitrogen and oxygen atoms in total. The van der Waals surface area contributed by atoms with Crippen molar-refractivity contribution in [2.75, 3.05) is 0 Å². The zero-order valence-electron chi connectivity index (χ0n) is 13.5. The van der Waals surface area contributed by atoms with E-state index in [-0.39, 0.29) is 0 Å². The zero-order chi connectivity index (χ0) is 15.3. The van der Waals surface area contributed by atoms with Crippen molar-refractivity contribution >= 4 is 14.5 Å². The fourth-order valence-corrected chi connectivity index (χ4v) is 3.45. The van der Waals surface area contributed by atoms with Crippen LogP contribution < -0.4 is 5.30 Å². The Morgan fingerprint density at radius 3 is 1.62 bits per heavy atom. The van der Waals surface area contributed by atoms with Crippen molar-refractivity contribution in [2.45, 2.75) is 51.9 Å². The second kappa shape index (κ2) is 7.23. The summed E-state index contributed by atoms with van der Waals surface area (Å²) in [6.07, 6.45) is 5.02. The van der Waals surface area contributed by atoms with Crippen molar-refractivity contribution in [2.24, 2.45) is 0 Å². The summed E-state index contributed by atoms with van der Waals surface area (Å²) in [7, 11) is 2.74. The van der Waals surface area contributed by atoms with Gasteiger partial charge in [-0.1, -0.05) is 82.1 Å². The molecule has 2 aromatic carbocycles. The van der Waals surface area contributed by atoms with Gasteiger partial charge in [-0.15, -0.1) is 9.24 Å². The van der Waals surface area contributed by atoms with Crippen LogP contribution in [0.4, 0.5) is 0 Å². The molecule has 0 aliphatic heterocycles. The quantitative estimate of drug-likeness (QED) is 0.599. The van der Waals surface area contributed by atoms with Gasteiger partial charge in [0.25, 0.3) is 0 Å². The SMILES string of the molecule is CCCC(C)(CCC)c1ccc(-c2ccc(P)cc2)cc1. The highest BCUT2D eigenvalue weighted by molar-refractivity contribution is 7.27. The average molecular weight is 298 g/mol. The first kappa shape index (κ1) is 16.2. The van der Waals surface area contributed by atoms with E-state index in [1.807, 2.05) is 0 Å². The first-order valence-electron chi connectivity index (χ1n) is 8.05. The fourth-order valence-electron chi connectivity index (χ4n) is 3.26. The summed E-state index contributed by atoms with van der Waals surface area (Å²) in [5.41, 5.74) is 4.41. The van der Waals surface area contributed by atoms with Gasteiger partial charge >= 0.3 is 0 Å². The van der Waals surface area contributed by atoms with Crippen LogP contribution in [0.15, 0.2) is 48.5 Å². The molecule has 1 heteroatoms. The molecule has 0 radical (unpaired) electrons. The molecule has 0 heterocycles. The first-order chi connectivity index (χ1) is 10.1. The van der Waals surface area contributed by atoms with Crippen LogP contribution >= 0.6 is 9.24 Å². The summed E-state index contributed by atoms with van der Waals surface area (Å²) in [5.74, 6) is 0. The Kier molecular flexibility index (Phi) is 5.59. The van der Waals surface area contributed by atoms with E-state index in [2.05, 4.69) is 78.5 Å². The van der Waals surface area contributed by atoms with Crippen molar-refractivity contribution < 1.29 is 0 Å². The van der Waals surface area contributed by atoms with Crippen LogP contribution in [0, 0.1) is 0 Å². The fraction of sp³-hybridized carbons (Fsp3) is 0.400. The van der Waals surface area contributed by atoms with Gasteiger partial charge in [0.05, 0.1) is 0 Å². The number of rotatable bonds is 6. The third-order valence-electron chi connectivity index (χ3n) is 4.43. The summed E-state index contributed by atoms with van der Waals surface area (Å²) < 4.78 is 0. The third kappa shape index (κ3) is 3.95. The predicted molar refractivity (Wildman–Crippen MR) is 98.4 cm³/mol. The van der Waals surface area contributed by atoms with Gasteiger partial charge in [0.1, 0.15) is 0 Å². The standard InChI is InChI=1S/C20H27P/c1-4-14-20(3,15-5-2)18-10-6-16(7-11-18)17-8-12-19(21)13-9-17/h6-13H,4-5,14-15,21H2,1-3H3. The molecule has 0 aliphatic carbocycles. The van der Waals surface area contributed by atoms with Gasteiger partial charge in [-0.2, -0.15) is 0 Å².